The third kappa shape index (κ3) is 5.33. The van der Waals surface area contributed by atoms with Gasteiger partial charge < -0.3 is 10.1 Å². The van der Waals surface area contributed by atoms with Gasteiger partial charge in [0.1, 0.15) is 16.8 Å². The Balaban J connectivity index is 2.47. The van der Waals surface area contributed by atoms with E-state index in [9.17, 15) is 0 Å². The molecule has 0 bridgehead atoms. The Morgan fingerprint density at radius 2 is 2.12 bits per heavy atom. The number of aromatic nitrogens is 2. The summed E-state index contributed by atoms with van der Waals surface area (Å²) in [6, 6.07) is 1.75. The molecule has 1 aromatic heterocycles. The molecule has 1 N–H and O–H groups in total. The van der Waals surface area contributed by atoms with Gasteiger partial charge in [-0.1, -0.05) is 25.4 Å². The van der Waals surface area contributed by atoms with E-state index in [0.717, 1.165) is 37.6 Å². The first-order valence-corrected chi connectivity index (χ1v) is 6.28. The number of hydrogen-bond donors (Lipinski definition) is 1. The summed E-state index contributed by atoms with van der Waals surface area (Å²) in [4.78, 5) is 8.60. The molecule has 0 unspecified atom stereocenters. The van der Waals surface area contributed by atoms with Crippen molar-refractivity contribution in [2.75, 3.05) is 25.6 Å². The van der Waals surface area contributed by atoms with Gasteiger partial charge in [-0.3, -0.25) is 0 Å². The molecule has 0 saturated carbocycles. The summed E-state index contributed by atoms with van der Waals surface area (Å²) in [7, 11) is 1.71. The van der Waals surface area contributed by atoms with E-state index in [0.29, 0.717) is 5.15 Å². The van der Waals surface area contributed by atoms with Gasteiger partial charge in [0.25, 0.3) is 0 Å². The summed E-state index contributed by atoms with van der Waals surface area (Å²) >= 11 is 5.95. The Morgan fingerprint density at radius 1 is 1.35 bits per heavy atom. The summed E-state index contributed by atoms with van der Waals surface area (Å²) in [5.41, 5.74) is 0. The molecule has 5 heteroatoms. The Labute approximate surface area is 108 Å². The largest absolute Gasteiger partial charge is 0.385 e. The van der Waals surface area contributed by atoms with Crippen molar-refractivity contribution in [3.8, 4) is 0 Å². The minimum absolute atomic E-state index is 0.280. The molecule has 96 valence electrons. The third-order valence-corrected chi connectivity index (χ3v) is 2.50. The fourth-order valence-corrected chi connectivity index (χ4v) is 1.56. The number of nitrogens with zero attached hydrogens (tertiary/aromatic N) is 2. The van der Waals surface area contributed by atoms with Crippen LogP contribution in [0, 0.1) is 0 Å². The first kappa shape index (κ1) is 14.2. The van der Waals surface area contributed by atoms with Crippen LogP contribution in [-0.4, -0.2) is 30.2 Å². The third-order valence-electron chi connectivity index (χ3n) is 2.31. The zero-order valence-electron chi connectivity index (χ0n) is 10.7. The summed E-state index contributed by atoms with van der Waals surface area (Å²) in [6.07, 6.45) is 2.09. The van der Waals surface area contributed by atoms with Crippen molar-refractivity contribution in [3.05, 3.63) is 17.0 Å². The summed E-state index contributed by atoms with van der Waals surface area (Å²) in [6.45, 7) is 5.76. The molecule has 0 atom stereocenters. The number of anilines is 1. The molecule has 0 aliphatic rings. The highest BCUT2D eigenvalue weighted by molar-refractivity contribution is 6.29. The Kier molecular flexibility index (Phi) is 6.22. The van der Waals surface area contributed by atoms with Crippen LogP contribution in [0.1, 0.15) is 38.4 Å². The number of rotatable bonds is 7. The van der Waals surface area contributed by atoms with E-state index in [-0.39, 0.29) is 5.92 Å². The van der Waals surface area contributed by atoms with Crippen LogP contribution in [0.3, 0.4) is 0 Å². The lowest BCUT2D eigenvalue weighted by Gasteiger charge is -2.09. The molecule has 1 heterocycles. The molecule has 0 spiro atoms. The van der Waals surface area contributed by atoms with Crippen LogP contribution in [-0.2, 0) is 4.74 Å². The highest BCUT2D eigenvalue weighted by atomic mass is 35.5. The number of ether oxygens (including phenoxy) is 1. The van der Waals surface area contributed by atoms with Crippen LogP contribution in [0.15, 0.2) is 6.07 Å². The molecule has 0 aromatic carbocycles. The van der Waals surface area contributed by atoms with Gasteiger partial charge in [-0.25, -0.2) is 9.97 Å². The molecule has 0 aliphatic heterocycles. The average Bonchev–Trinajstić information content (AvgIpc) is 2.28. The molecule has 1 rings (SSSR count). The smallest absolute Gasteiger partial charge is 0.135 e. The second-order valence-electron chi connectivity index (χ2n) is 4.22. The van der Waals surface area contributed by atoms with Crippen LogP contribution < -0.4 is 5.32 Å². The number of nitrogens with one attached hydrogen (secondary N) is 1. The maximum Gasteiger partial charge on any atom is 0.135 e. The zero-order valence-corrected chi connectivity index (χ0v) is 11.4. The minimum Gasteiger partial charge on any atom is -0.385 e. The summed E-state index contributed by atoms with van der Waals surface area (Å²) in [5, 5.41) is 3.74. The number of unbranched alkanes of at least 4 members (excludes halogenated alkanes) is 1. The van der Waals surface area contributed by atoms with E-state index in [4.69, 9.17) is 16.3 Å². The average molecular weight is 258 g/mol. The SMILES string of the molecule is COCCCCNc1cc(Cl)nc(C(C)C)n1. The van der Waals surface area contributed by atoms with Gasteiger partial charge in [-0.05, 0) is 12.8 Å². The van der Waals surface area contributed by atoms with Crippen molar-refractivity contribution in [1.29, 1.82) is 0 Å². The van der Waals surface area contributed by atoms with Crippen LogP contribution in [0.5, 0.6) is 0 Å². The van der Waals surface area contributed by atoms with Crippen molar-refractivity contribution >= 4 is 17.4 Å². The minimum atomic E-state index is 0.280. The van der Waals surface area contributed by atoms with Gasteiger partial charge in [0.05, 0.1) is 0 Å². The lowest BCUT2D eigenvalue weighted by molar-refractivity contribution is 0.194. The van der Waals surface area contributed by atoms with Crippen molar-refractivity contribution < 1.29 is 4.74 Å². The van der Waals surface area contributed by atoms with Gasteiger partial charge >= 0.3 is 0 Å². The molecule has 0 aliphatic carbocycles. The topological polar surface area (TPSA) is 47.0 Å². The summed E-state index contributed by atoms with van der Waals surface area (Å²) in [5.74, 6) is 1.85. The van der Waals surface area contributed by atoms with Crippen LogP contribution >= 0.6 is 11.6 Å². The number of halogens is 1. The molecule has 1 aromatic rings. The number of methoxy groups -OCH3 is 1. The fourth-order valence-electron chi connectivity index (χ4n) is 1.37. The standard InChI is InChI=1S/C12H20ClN3O/c1-9(2)12-15-10(13)8-11(16-12)14-6-4-5-7-17-3/h8-9H,4-7H2,1-3H3,(H,14,15,16). The maximum absolute atomic E-state index is 5.95. The molecule has 0 saturated heterocycles. The highest BCUT2D eigenvalue weighted by Gasteiger charge is 2.06. The lowest BCUT2D eigenvalue weighted by atomic mass is 10.2. The van der Waals surface area contributed by atoms with Gasteiger partial charge in [-0.15, -0.1) is 0 Å². The first-order chi connectivity index (χ1) is 8.13. The molecule has 4 nitrogen and oxygen atoms in total. The highest BCUT2D eigenvalue weighted by Crippen LogP contribution is 2.16. The lowest BCUT2D eigenvalue weighted by Crippen LogP contribution is -2.07. The molecule has 0 amide bonds. The molecule has 0 fully saturated rings. The van der Waals surface area contributed by atoms with Gasteiger partial charge in [-0.2, -0.15) is 0 Å². The van der Waals surface area contributed by atoms with Crippen LogP contribution in [0.4, 0.5) is 5.82 Å². The second kappa shape index (κ2) is 7.45. The van der Waals surface area contributed by atoms with E-state index < -0.39 is 0 Å². The van der Waals surface area contributed by atoms with Crippen LogP contribution in [0.25, 0.3) is 0 Å². The molecular formula is C12H20ClN3O. The van der Waals surface area contributed by atoms with E-state index >= 15 is 0 Å². The Morgan fingerprint density at radius 3 is 2.76 bits per heavy atom. The van der Waals surface area contributed by atoms with Gasteiger partial charge in [0.15, 0.2) is 0 Å². The summed E-state index contributed by atoms with van der Waals surface area (Å²) < 4.78 is 4.99. The number of hydrogen-bond acceptors (Lipinski definition) is 4. The van der Waals surface area contributed by atoms with Crippen molar-refractivity contribution in [1.82, 2.24) is 9.97 Å². The van der Waals surface area contributed by atoms with Crippen molar-refractivity contribution in [2.24, 2.45) is 0 Å². The molecule has 0 radical (unpaired) electrons. The van der Waals surface area contributed by atoms with Gasteiger partial charge in [0.2, 0.25) is 0 Å². The van der Waals surface area contributed by atoms with E-state index in [1.807, 2.05) is 13.8 Å². The monoisotopic (exact) mass is 257 g/mol. The Bertz CT molecular complexity index is 345. The maximum atomic E-state index is 5.95. The van der Waals surface area contributed by atoms with Gasteiger partial charge in [0, 0.05) is 32.2 Å². The predicted molar refractivity (Wildman–Crippen MR) is 70.7 cm³/mol. The molecule has 17 heavy (non-hydrogen) atoms. The fraction of sp³-hybridized carbons (Fsp3) is 0.667. The normalized spacial score (nSPS) is 10.9. The molecular weight excluding hydrogens is 238 g/mol. The van der Waals surface area contributed by atoms with E-state index in [1.54, 1.807) is 13.2 Å². The first-order valence-electron chi connectivity index (χ1n) is 5.90. The second-order valence-corrected chi connectivity index (χ2v) is 4.60. The van der Waals surface area contributed by atoms with E-state index in [1.165, 1.54) is 0 Å². The van der Waals surface area contributed by atoms with E-state index in [2.05, 4.69) is 15.3 Å². The predicted octanol–water partition coefficient (Wildman–Crippen LogP) is 3.09. The Hall–Kier alpha value is -0.870. The zero-order chi connectivity index (χ0) is 12.7. The van der Waals surface area contributed by atoms with Crippen molar-refractivity contribution in [3.63, 3.8) is 0 Å². The van der Waals surface area contributed by atoms with Crippen LogP contribution in [0.2, 0.25) is 5.15 Å². The quantitative estimate of drug-likeness (QED) is 0.602. The van der Waals surface area contributed by atoms with Crippen molar-refractivity contribution in [2.45, 2.75) is 32.6 Å².